The van der Waals surface area contributed by atoms with E-state index in [0.717, 1.165) is 61.8 Å². The summed E-state index contributed by atoms with van der Waals surface area (Å²) in [6.45, 7) is 10.2. The van der Waals surface area contributed by atoms with Crippen LogP contribution in [0.3, 0.4) is 0 Å². The third-order valence-electron chi connectivity index (χ3n) is 9.20. The molecule has 0 amide bonds. The smallest absolute Gasteiger partial charge is 0.207 e. The Labute approximate surface area is 208 Å². The van der Waals surface area contributed by atoms with E-state index in [9.17, 15) is 8.78 Å². The first-order valence-corrected chi connectivity index (χ1v) is 14.1. The lowest BCUT2D eigenvalue weighted by molar-refractivity contribution is -0.0608. The van der Waals surface area contributed by atoms with Gasteiger partial charge in [0.1, 0.15) is 0 Å². The molecular formula is C31H49F2N. The van der Waals surface area contributed by atoms with Crippen LogP contribution in [-0.2, 0) is 0 Å². The number of rotatable bonds is 8. The molecule has 2 fully saturated rings. The molecule has 0 heterocycles. The fraction of sp³-hybridized carbons (Fsp3) is 0.774. The largest absolute Gasteiger partial charge is 0.248 e. The Hall–Kier alpha value is -1.43. The van der Waals surface area contributed by atoms with E-state index < -0.39 is 5.92 Å². The van der Waals surface area contributed by atoms with Crippen LogP contribution in [-0.4, -0.2) is 5.92 Å². The normalized spacial score (nSPS) is 25.5. The van der Waals surface area contributed by atoms with Gasteiger partial charge in [-0.1, -0.05) is 65.5 Å². The van der Waals surface area contributed by atoms with Crippen molar-refractivity contribution in [2.24, 2.45) is 29.6 Å². The van der Waals surface area contributed by atoms with Crippen LogP contribution < -0.4 is 0 Å². The third-order valence-corrected chi connectivity index (χ3v) is 9.20. The highest BCUT2D eigenvalue weighted by Crippen LogP contribution is 2.42. The van der Waals surface area contributed by atoms with Gasteiger partial charge in [0, 0.05) is 5.92 Å². The highest BCUT2D eigenvalue weighted by atomic mass is 19.3. The number of alkyl halides is 2. The van der Waals surface area contributed by atoms with Gasteiger partial charge in [0.25, 0.3) is 0 Å². The number of hydrogen-bond donors (Lipinski definition) is 0. The van der Waals surface area contributed by atoms with Crippen LogP contribution in [0.4, 0.5) is 8.78 Å². The van der Waals surface area contributed by atoms with Crippen LogP contribution in [0.2, 0.25) is 0 Å². The van der Waals surface area contributed by atoms with Crippen LogP contribution in [0.5, 0.6) is 0 Å². The second kappa shape index (κ2) is 14.2. The summed E-state index contributed by atoms with van der Waals surface area (Å²) < 4.78 is 26.2. The van der Waals surface area contributed by atoms with Crippen LogP contribution >= 0.6 is 0 Å². The van der Waals surface area contributed by atoms with E-state index in [-0.39, 0.29) is 5.92 Å². The van der Waals surface area contributed by atoms with Gasteiger partial charge >= 0.3 is 0 Å². The molecule has 34 heavy (non-hydrogen) atoms. The maximum Gasteiger partial charge on any atom is 0.248 e. The van der Waals surface area contributed by atoms with Gasteiger partial charge < -0.3 is 0 Å². The molecule has 2 aliphatic rings. The van der Waals surface area contributed by atoms with E-state index >= 15 is 0 Å². The second-order valence-corrected chi connectivity index (χ2v) is 11.1. The molecule has 0 saturated heterocycles. The average Bonchev–Trinajstić information content (AvgIpc) is 2.86. The predicted octanol–water partition coefficient (Wildman–Crippen LogP) is 10.2. The van der Waals surface area contributed by atoms with Crippen molar-refractivity contribution in [2.45, 2.75) is 124 Å². The summed E-state index contributed by atoms with van der Waals surface area (Å²) in [4.78, 5) is 0. The molecule has 0 spiro atoms. The lowest BCUT2D eigenvalue weighted by Crippen LogP contribution is -2.30. The maximum atomic E-state index is 13.1. The van der Waals surface area contributed by atoms with Crippen molar-refractivity contribution in [1.82, 2.24) is 0 Å². The van der Waals surface area contributed by atoms with Crippen molar-refractivity contribution in [2.75, 3.05) is 0 Å². The van der Waals surface area contributed by atoms with Gasteiger partial charge in [-0.15, -0.1) is 0 Å². The molecule has 3 heteroatoms. The third kappa shape index (κ3) is 8.35. The van der Waals surface area contributed by atoms with Crippen molar-refractivity contribution < 1.29 is 8.78 Å². The average molecular weight is 474 g/mol. The fourth-order valence-corrected chi connectivity index (χ4v) is 6.76. The standard InChI is InChI=1S/C18H25N.C13H24F2/c1-3-15(4-2)16-9-11-18(12-10-16)17-7-5-14(13-19)6-8-17;1-4-10(5-2)11-6-8-12(9-7-11)13(3,14)15/h5-8,15-16,18H,3-4,9-12H2,1-2H3;10-12H,4-9H2,1-3H3. The molecule has 3 rings (SSSR count). The number of halogens is 2. The van der Waals surface area contributed by atoms with Crippen LogP contribution in [0.15, 0.2) is 24.3 Å². The number of hydrogen-bond acceptors (Lipinski definition) is 1. The van der Waals surface area contributed by atoms with Crippen molar-refractivity contribution in [1.29, 1.82) is 5.26 Å². The van der Waals surface area contributed by atoms with E-state index in [4.69, 9.17) is 5.26 Å². The van der Waals surface area contributed by atoms with Crippen molar-refractivity contribution in [3.63, 3.8) is 0 Å². The Morgan fingerprint density at radius 2 is 1.18 bits per heavy atom. The first kappa shape index (κ1) is 28.8. The highest BCUT2D eigenvalue weighted by Gasteiger charge is 2.37. The molecule has 192 valence electrons. The highest BCUT2D eigenvalue weighted by molar-refractivity contribution is 5.33. The maximum absolute atomic E-state index is 13.1. The molecular weight excluding hydrogens is 424 g/mol. The minimum Gasteiger partial charge on any atom is -0.207 e. The summed E-state index contributed by atoms with van der Waals surface area (Å²) in [6.07, 6.45) is 14.0. The predicted molar refractivity (Wildman–Crippen MR) is 140 cm³/mol. The molecule has 0 radical (unpaired) electrons. The topological polar surface area (TPSA) is 23.8 Å². The summed E-state index contributed by atoms with van der Waals surface area (Å²) in [5.41, 5.74) is 2.21. The van der Waals surface area contributed by atoms with Gasteiger partial charge in [-0.05, 0) is 106 Å². The van der Waals surface area contributed by atoms with E-state index in [1.807, 2.05) is 12.1 Å². The number of benzene rings is 1. The minimum absolute atomic E-state index is 0.358. The van der Waals surface area contributed by atoms with Crippen molar-refractivity contribution >= 4 is 0 Å². The van der Waals surface area contributed by atoms with Crippen molar-refractivity contribution in [3.05, 3.63) is 35.4 Å². The van der Waals surface area contributed by atoms with Gasteiger partial charge in [0.2, 0.25) is 5.92 Å². The summed E-state index contributed by atoms with van der Waals surface area (Å²) in [5, 5.41) is 8.84. The Balaban J connectivity index is 0.000000248. The zero-order valence-corrected chi connectivity index (χ0v) is 22.5. The Morgan fingerprint density at radius 3 is 1.53 bits per heavy atom. The minimum atomic E-state index is -2.46. The molecule has 0 aromatic heterocycles. The van der Waals surface area contributed by atoms with E-state index in [1.54, 1.807) is 0 Å². The summed E-state index contributed by atoms with van der Waals surface area (Å²) >= 11 is 0. The molecule has 1 aromatic rings. The Kier molecular flexibility index (Phi) is 12.0. The monoisotopic (exact) mass is 473 g/mol. The second-order valence-electron chi connectivity index (χ2n) is 11.1. The number of nitriles is 1. The zero-order valence-electron chi connectivity index (χ0n) is 22.5. The quantitative estimate of drug-likeness (QED) is 0.368. The SMILES string of the molecule is CCC(CC)C1CCC(C(C)(F)F)CC1.CCC(CC)C1CCC(c2ccc(C#N)cc2)CC1. The Morgan fingerprint density at radius 1 is 0.765 bits per heavy atom. The molecule has 0 unspecified atom stereocenters. The molecule has 1 nitrogen and oxygen atoms in total. The van der Waals surface area contributed by atoms with Gasteiger partial charge in [-0.2, -0.15) is 5.26 Å². The van der Waals surface area contributed by atoms with Gasteiger partial charge in [0.05, 0.1) is 11.6 Å². The first-order valence-electron chi connectivity index (χ1n) is 14.1. The van der Waals surface area contributed by atoms with E-state index in [2.05, 4.69) is 45.9 Å². The summed E-state index contributed by atoms with van der Waals surface area (Å²) in [5.74, 6) is 1.25. The molecule has 2 aliphatic carbocycles. The van der Waals surface area contributed by atoms with Crippen molar-refractivity contribution in [3.8, 4) is 6.07 Å². The van der Waals surface area contributed by atoms with Gasteiger partial charge in [0.15, 0.2) is 0 Å². The van der Waals surface area contributed by atoms with Crippen LogP contribution in [0.25, 0.3) is 0 Å². The fourth-order valence-electron chi connectivity index (χ4n) is 6.76. The number of nitrogens with zero attached hydrogens (tertiary/aromatic N) is 1. The van der Waals surface area contributed by atoms with Crippen LogP contribution in [0.1, 0.15) is 129 Å². The molecule has 0 atom stereocenters. The van der Waals surface area contributed by atoms with E-state index in [1.165, 1.54) is 56.9 Å². The summed E-state index contributed by atoms with van der Waals surface area (Å²) in [6, 6.07) is 10.4. The molecule has 2 saturated carbocycles. The molecule has 0 aliphatic heterocycles. The van der Waals surface area contributed by atoms with Gasteiger partial charge in [-0.25, -0.2) is 8.78 Å². The molecule has 0 bridgehead atoms. The van der Waals surface area contributed by atoms with E-state index in [0.29, 0.717) is 5.92 Å². The Bertz CT molecular complexity index is 705. The first-order chi connectivity index (χ1) is 16.3. The van der Waals surface area contributed by atoms with Crippen LogP contribution in [0, 0.1) is 40.9 Å². The lowest BCUT2D eigenvalue weighted by atomic mass is 9.72. The summed E-state index contributed by atoms with van der Waals surface area (Å²) in [7, 11) is 0. The molecule has 0 N–H and O–H groups in total. The zero-order chi connectivity index (χ0) is 25.1. The molecule has 1 aromatic carbocycles. The van der Waals surface area contributed by atoms with Gasteiger partial charge in [-0.3, -0.25) is 0 Å². The lowest BCUT2D eigenvalue weighted by Gasteiger charge is -2.35.